The van der Waals surface area contributed by atoms with E-state index in [1.54, 1.807) is 0 Å². The maximum Gasteiger partial charge on any atom is 0.254 e. The van der Waals surface area contributed by atoms with Crippen molar-refractivity contribution in [1.29, 1.82) is 0 Å². The average molecular weight is 289 g/mol. The molecule has 21 heavy (non-hydrogen) atoms. The molecule has 1 unspecified atom stereocenters. The summed E-state index contributed by atoms with van der Waals surface area (Å²) in [4.78, 5) is 19.5. The first kappa shape index (κ1) is 15.8. The number of amides is 1. The maximum absolute atomic E-state index is 12.9. The zero-order chi connectivity index (χ0) is 15.6. The number of rotatable bonds is 4. The van der Waals surface area contributed by atoms with Crippen LogP contribution in [0.4, 0.5) is 5.82 Å². The Balaban J connectivity index is 2.32. The number of aromatic nitrogens is 1. The number of hydrogen-bond acceptors (Lipinski definition) is 3. The molecule has 1 saturated heterocycles. The fourth-order valence-corrected chi connectivity index (χ4v) is 3.00. The van der Waals surface area contributed by atoms with Crippen LogP contribution in [0.5, 0.6) is 0 Å². The molecule has 0 aliphatic carbocycles. The molecule has 1 aliphatic rings. The van der Waals surface area contributed by atoms with E-state index in [0.717, 1.165) is 36.5 Å². The number of pyridine rings is 1. The van der Waals surface area contributed by atoms with E-state index < -0.39 is 0 Å². The van der Waals surface area contributed by atoms with E-state index in [-0.39, 0.29) is 5.91 Å². The topological polar surface area (TPSA) is 45.2 Å². The summed E-state index contributed by atoms with van der Waals surface area (Å²) < 4.78 is 0. The van der Waals surface area contributed by atoms with Crippen molar-refractivity contribution in [1.82, 2.24) is 9.88 Å². The van der Waals surface area contributed by atoms with Crippen LogP contribution in [-0.2, 0) is 0 Å². The molecule has 1 aromatic rings. The van der Waals surface area contributed by atoms with Crippen LogP contribution < -0.4 is 5.32 Å². The van der Waals surface area contributed by atoms with Gasteiger partial charge in [0.2, 0.25) is 0 Å². The summed E-state index contributed by atoms with van der Waals surface area (Å²) in [6.07, 6.45) is 2.22. The Morgan fingerprint density at radius 3 is 2.62 bits per heavy atom. The van der Waals surface area contributed by atoms with Crippen molar-refractivity contribution in [2.24, 2.45) is 5.92 Å². The van der Waals surface area contributed by atoms with Crippen LogP contribution in [0.2, 0.25) is 0 Å². The average Bonchev–Trinajstić information content (AvgIpc) is 2.95. The summed E-state index contributed by atoms with van der Waals surface area (Å²) in [6, 6.07) is 4.18. The van der Waals surface area contributed by atoms with Gasteiger partial charge in [-0.1, -0.05) is 27.7 Å². The van der Waals surface area contributed by atoms with Gasteiger partial charge in [0, 0.05) is 30.9 Å². The molecular weight excluding hydrogens is 262 g/mol. The minimum absolute atomic E-state index is 0.145. The fourth-order valence-electron chi connectivity index (χ4n) is 3.00. The van der Waals surface area contributed by atoms with Gasteiger partial charge in [0.05, 0.1) is 0 Å². The lowest BCUT2D eigenvalue weighted by Crippen LogP contribution is -2.38. The van der Waals surface area contributed by atoms with Crippen molar-refractivity contribution in [2.45, 2.75) is 52.5 Å². The zero-order valence-electron chi connectivity index (χ0n) is 13.8. The van der Waals surface area contributed by atoms with E-state index >= 15 is 0 Å². The van der Waals surface area contributed by atoms with Gasteiger partial charge in [0.1, 0.15) is 5.82 Å². The number of hydrogen-bond donors (Lipinski definition) is 1. The molecule has 2 heterocycles. The molecule has 0 radical (unpaired) electrons. The highest BCUT2D eigenvalue weighted by Crippen LogP contribution is 2.27. The van der Waals surface area contributed by atoms with Crippen LogP contribution in [0.25, 0.3) is 0 Å². The highest BCUT2D eigenvalue weighted by Gasteiger charge is 2.31. The first-order chi connectivity index (χ1) is 9.93. The number of likely N-dealkylation sites (tertiary alicyclic amines) is 1. The van der Waals surface area contributed by atoms with Gasteiger partial charge in [-0.3, -0.25) is 4.79 Å². The highest BCUT2D eigenvalue weighted by atomic mass is 16.2. The molecule has 0 saturated carbocycles. The molecule has 1 fully saturated rings. The molecule has 4 heteroatoms. The van der Waals surface area contributed by atoms with Crippen molar-refractivity contribution in [2.75, 3.05) is 18.9 Å². The van der Waals surface area contributed by atoms with Gasteiger partial charge in [-0.2, -0.15) is 0 Å². The summed E-state index contributed by atoms with van der Waals surface area (Å²) in [5, 5.41) is 3.06. The fraction of sp³-hybridized carbons (Fsp3) is 0.647. The second kappa shape index (κ2) is 6.46. The first-order valence-corrected chi connectivity index (χ1v) is 7.94. The van der Waals surface area contributed by atoms with Crippen LogP contribution in [0.3, 0.4) is 0 Å². The van der Waals surface area contributed by atoms with Crippen LogP contribution in [0.1, 0.15) is 62.5 Å². The number of nitrogens with zero attached hydrogens (tertiary/aromatic N) is 2. The van der Waals surface area contributed by atoms with Crippen molar-refractivity contribution < 1.29 is 4.79 Å². The molecule has 0 bridgehead atoms. The Hall–Kier alpha value is -1.58. The zero-order valence-corrected chi connectivity index (χ0v) is 13.8. The molecule has 1 amide bonds. The summed E-state index contributed by atoms with van der Waals surface area (Å²) >= 11 is 0. The molecule has 1 atom stereocenters. The standard InChI is InChI=1S/C17H27N3O/c1-11(2)14-9-13(10-16(18-5)19-14)17(21)20-8-6-7-15(20)12(3)4/h9-12,15H,6-8H2,1-5H3,(H,18,19). The van der Waals surface area contributed by atoms with Gasteiger partial charge in [-0.15, -0.1) is 0 Å². The van der Waals surface area contributed by atoms with Gasteiger partial charge in [0.15, 0.2) is 0 Å². The van der Waals surface area contributed by atoms with Gasteiger partial charge in [-0.25, -0.2) is 4.98 Å². The summed E-state index contributed by atoms with van der Waals surface area (Å²) in [5.74, 6) is 1.73. The largest absolute Gasteiger partial charge is 0.373 e. The third-order valence-corrected chi connectivity index (χ3v) is 4.27. The normalized spacial score (nSPS) is 18.6. The number of carbonyl (C=O) groups excluding carboxylic acids is 1. The predicted octanol–water partition coefficient (Wildman–Crippen LogP) is 3.51. The van der Waals surface area contributed by atoms with Gasteiger partial charge in [0.25, 0.3) is 5.91 Å². The van der Waals surface area contributed by atoms with Gasteiger partial charge in [-0.05, 0) is 36.8 Å². The lowest BCUT2D eigenvalue weighted by Gasteiger charge is -2.28. The van der Waals surface area contributed by atoms with E-state index in [0.29, 0.717) is 17.9 Å². The lowest BCUT2D eigenvalue weighted by molar-refractivity contribution is 0.0701. The van der Waals surface area contributed by atoms with E-state index in [1.807, 2.05) is 24.1 Å². The van der Waals surface area contributed by atoms with E-state index in [9.17, 15) is 4.79 Å². The van der Waals surface area contributed by atoms with Gasteiger partial charge >= 0.3 is 0 Å². The minimum atomic E-state index is 0.145. The Bertz CT molecular complexity index is 511. The Labute approximate surface area is 127 Å². The van der Waals surface area contributed by atoms with Crippen LogP contribution in [0, 0.1) is 5.92 Å². The molecule has 116 valence electrons. The van der Waals surface area contributed by atoms with Gasteiger partial charge < -0.3 is 10.2 Å². The number of anilines is 1. The Kier molecular flexibility index (Phi) is 4.86. The molecule has 1 N–H and O–H groups in total. The monoisotopic (exact) mass is 289 g/mol. The molecule has 1 aromatic heterocycles. The van der Waals surface area contributed by atoms with Crippen molar-refractivity contribution >= 4 is 11.7 Å². The number of nitrogens with one attached hydrogen (secondary N) is 1. The third kappa shape index (κ3) is 3.36. The third-order valence-electron chi connectivity index (χ3n) is 4.27. The highest BCUT2D eigenvalue weighted by molar-refractivity contribution is 5.95. The van der Waals surface area contributed by atoms with Crippen LogP contribution in [-0.4, -0.2) is 35.4 Å². The lowest BCUT2D eigenvalue weighted by atomic mass is 10.0. The SMILES string of the molecule is CNc1cc(C(=O)N2CCCC2C(C)C)cc(C(C)C)n1. The van der Waals surface area contributed by atoms with Crippen molar-refractivity contribution in [3.8, 4) is 0 Å². The molecular formula is C17H27N3O. The molecule has 0 spiro atoms. The Morgan fingerprint density at radius 1 is 1.33 bits per heavy atom. The molecule has 1 aliphatic heterocycles. The van der Waals surface area contributed by atoms with Crippen molar-refractivity contribution in [3.63, 3.8) is 0 Å². The van der Waals surface area contributed by atoms with E-state index in [2.05, 4.69) is 38.0 Å². The summed E-state index contributed by atoms with van der Waals surface area (Å²) in [6.45, 7) is 9.46. The van der Waals surface area contributed by atoms with E-state index in [1.165, 1.54) is 0 Å². The smallest absolute Gasteiger partial charge is 0.254 e. The predicted molar refractivity (Wildman–Crippen MR) is 86.8 cm³/mol. The van der Waals surface area contributed by atoms with Crippen molar-refractivity contribution in [3.05, 3.63) is 23.4 Å². The first-order valence-electron chi connectivity index (χ1n) is 7.94. The maximum atomic E-state index is 12.9. The van der Waals surface area contributed by atoms with Crippen LogP contribution >= 0.6 is 0 Å². The summed E-state index contributed by atoms with van der Waals surface area (Å²) in [7, 11) is 1.84. The second-order valence-corrected chi connectivity index (χ2v) is 6.52. The number of carbonyl (C=O) groups is 1. The Morgan fingerprint density at radius 2 is 2.05 bits per heavy atom. The summed E-state index contributed by atoms with van der Waals surface area (Å²) in [5.41, 5.74) is 1.72. The quantitative estimate of drug-likeness (QED) is 0.922. The van der Waals surface area contributed by atoms with E-state index in [4.69, 9.17) is 0 Å². The molecule has 2 rings (SSSR count). The minimum Gasteiger partial charge on any atom is -0.373 e. The van der Waals surface area contributed by atoms with Crippen LogP contribution in [0.15, 0.2) is 12.1 Å². The molecule has 0 aromatic carbocycles. The second-order valence-electron chi connectivity index (χ2n) is 6.52. The molecule has 4 nitrogen and oxygen atoms in total.